The third-order valence-corrected chi connectivity index (χ3v) is 25.0. The highest BCUT2D eigenvalue weighted by Gasteiger charge is 2.57. The van der Waals surface area contributed by atoms with Crippen molar-refractivity contribution >= 4 is 187 Å². The summed E-state index contributed by atoms with van der Waals surface area (Å²) in [4.78, 5) is 62.7. The maximum Gasteiger partial charge on any atom is 0.266 e. The van der Waals surface area contributed by atoms with Crippen molar-refractivity contribution in [3.05, 3.63) is 139 Å². The summed E-state index contributed by atoms with van der Waals surface area (Å²) < 4.78 is 226. The molecule has 8 aromatic rings. The van der Waals surface area contributed by atoms with Crippen molar-refractivity contribution in [3.63, 3.8) is 0 Å². The van der Waals surface area contributed by atoms with E-state index in [2.05, 4.69) is 112 Å². The fourth-order valence-electron chi connectivity index (χ4n) is 9.41. The SMILES string of the molecule is CS(=O)(=O)C1(C(=O)CCCSc2nonc2C(=Nc2ccc(F)c(C(F)F)c2)NO)CC1.CS(=O)(=O)CC(=O)CCCSc1nonc1C(=Nc1cc(Br)c(F)cc1F)NO.CS(=O)(=O)CC(=O)CCCSc1nonc1C(=Nc1ccc(F)c(Br)c1F)NO.CS(=O)(=O)CC(=O)CCCSc1nonc1C(=Nc1cccc(C(F)F)c1)NO. The number of halogens is 11. The maximum absolute atomic E-state index is 14.1. The molecule has 1 aliphatic carbocycles. The minimum atomic E-state index is -3.45. The first-order valence-electron chi connectivity index (χ1n) is 33.3. The lowest BCUT2D eigenvalue weighted by Gasteiger charge is -2.11. The number of alkyl halides is 4. The predicted octanol–water partition coefficient (Wildman–Crippen LogP) is 11.1. The number of aliphatic imine (C=N–C) groups is 4. The number of thioether (sulfide) groups is 4. The zero-order valence-corrected chi connectivity index (χ0v) is 71.3. The number of amidine groups is 4. The van der Waals surface area contributed by atoms with Gasteiger partial charge in [-0.2, -0.15) is 0 Å². The second-order valence-electron chi connectivity index (χ2n) is 24.6. The van der Waals surface area contributed by atoms with Crippen LogP contribution in [0.3, 0.4) is 0 Å². The molecule has 0 spiro atoms. The Morgan fingerprint density at radius 3 is 1.21 bits per heavy atom. The van der Waals surface area contributed by atoms with E-state index in [0.29, 0.717) is 67.6 Å². The number of hydrogen-bond donors (Lipinski definition) is 8. The van der Waals surface area contributed by atoms with Gasteiger partial charge in [0.2, 0.25) is 0 Å². The van der Waals surface area contributed by atoms with Crippen LogP contribution in [-0.4, -0.2) is 212 Å². The molecule has 9 rings (SSSR count). The zero-order valence-electron chi connectivity index (χ0n) is 61.6. The van der Waals surface area contributed by atoms with Crippen LogP contribution in [0.1, 0.15) is 111 Å². The number of hydrogen-bond acceptors (Lipinski definition) is 36. The van der Waals surface area contributed by atoms with Crippen LogP contribution >= 0.6 is 78.9 Å². The first-order valence-corrected chi connectivity index (χ1v) is 46.9. The van der Waals surface area contributed by atoms with Crippen LogP contribution in [-0.2, 0) is 58.5 Å². The van der Waals surface area contributed by atoms with Gasteiger partial charge in [-0.3, -0.25) is 61.9 Å². The average Bonchev–Trinajstić information content (AvgIpc) is 1.59. The number of Topliss-reactive ketones (excluding diaryl/α,β-unsaturated/α-hetero) is 4. The van der Waals surface area contributed by atoms with Gasteiger partial charge in [0.25, 0.3) is 12.9 Å². The molecule has 4 aromatic carbocycles. The highest BCUT2D eigenvalue weighted by molar-refractivity contribution is 9.10. The highest BCUT2D eigenvalue weighted by Crippen LogP contribution is 2.45. The van der Waals surface area contributed by atoms with Crippen molar-refractivity contribution in [3.8, 4) is 0 Å². The molecule has 36 nitrogen and oxygen atoms in total. The summed E-state index contributed by atoms with van der Waals surface area (Å²) in [7, 11) is -13.5. The van der Waals surface area contributed by atoms with Crippen LogP contribution in [0.15, 0.2) is 134 Å². The van der Waals surface area contributed by atoms with E-state index in [4.69, 9.17) is 0 Å². The Kier molecular flexibility index (Phi) is 38.7. The Morgan fingerprint density at radius 1 is 0.462 bits per heavy atom. The molecule has 0 bridgehead atoms. The van der Waals surface area contributed by atoms with E-state index in [1.807, 2.05) is 5.48 Å². The number of rotatable bonds is 38. The van der Waals surface area contributed by atoms with Crippen molar-refractivity contribution in [1.82, 2.24) is 63.2 Å². The molecule has 0 aliphatic heterocycles. The van der Waals surface area contributed by atoms with E-state index in [9.17, 15) is 113 Å². The number of sulfone groups is 4. The first kappa shape index (κ1) is 99.2. The van der Waals surface area contributed by atoms with Crippen molar-refractivity contribution in [2.24, 2.45) is 20.0 Å². The molecule has 0 atom stereocenters. The summed E-state index contributed by atoms with van der Waals surface area (Å²) in [6.45, 7) is 0. The average molecular weight is 1970 g/mol. The number of ketones is 4. The topological polar surface area (TPSA) is 539 Å². The molecular formula is C64H67Br2F9N16O20S8. The summed E-state index contributed by atoms with van der Waals surface area (Å²) in [5, 5.41) is 67.5. The summed E-state index contributed by atoms with van der Waals surface area (Å²) in [5.74, 6) is -7.22. The Morgan fingerprint density at radius 2 is 0.840 bits per heavy atom. The first-order chi connectivity index (χ1) is 56.0. The Bertz CT molecular complexity index is 5390. The summed E-state index contributed by atoms with van der Waals surface area (Å²) in [5.41, 5.74) is 5.59. The number of carbonyl (C=O) groups excluding carboxylic acids is 4. The quantitative estimate of drug-likeness (QED) is 0.00260. The van der Waals surface area contributed by atoms with Crippen LogP contribution in [0.4, 0.5) is 62.3 Å². The van der Waals surface area contributed by atoms with E-state index < -0.39 is 125 Å². The molecule has 119 heavy (non-hydrogen) atoms. The van der Waals surface area contributed by atoms with E-state index in [-0.39, 0.29) is 136 Å². The number of nitrogens with one attached hydrogen (secondary N) is 4. The second-order valence-corrected chi connectivity index (χ2v) is 39.3. The van der Waals surface area contributed by atoms with E-state index in [0.717, 1.165) is 115 Å². The molecule has 0 unspecified atom stereocenters. The van der Waals surface area contributed by atoms with E-state index >= 15 is 0 Å². The Labute approximate surface area is 703 Å². The van der Waals surface area contributed by atoms with Crippen LogP contribution in [0.2, 0.25) is 0 Å². The van der Waals surface area contributed by atoms with Crippen LogP contribution in [0, 0.1) is 29.1 Å². The number of nitrogens with zero attached hydrogens (tertiary/aromatic N) is 12. The maximum atomic E-state index is 14.1. The zero-order chi connectivity index (χ0) is 88.2. The Balaban J connectivity index is 0.000000246. The van der Waals surface area contributed by atoms with Gasteiger partial charge in [-0.25, -0.2) is 112 Å². The van der Waals surface area contributed by atoms with Gasteiger partial charge in [0.1, 0.15) is 68.2 Å². The van der Waals surface area contributed by atoms with Gasteiger partial charge in [0, 0.05) is 85.3 Å². The van der Waals surface area contributed by atoms with Crippen molar-refractivity contribution in [2.75, 3.05) is 65.3 Å². The van der Waals surface area contributed by atoms with Crippen LogP contribution < -0.4 is 21.9 Å². The summed E-state index contributed by atoms with van der Waals surface area (Å²) >= 11 is 10.2. The molecule has 1 fully saturated rings. The normalized spacial score (nSPS) is 13.2. The third kappa shape index (κ3) is 32.0. The standard InChI is InChI=1S/C18H19F3N4O5S2.C16H18F2N4O5S2.2C15H15BrF2N4O5S2/c1-32(28,29)18(6-7-18)13(26)3-2-8-31-17-14(24-30-25-17)16(23-27)22-10-4-5-12(19)11(9-10)15(20)21;1-29(25,26)9-12(23)6-3-7-28-16-13(21-27-22-16)15(20-24)19-11-5-2-4-10(8-11)14(17)18;1-29(25,26)7-8(23)3-2-6-28-15-13(21-27-22-15)14(20-24)19-10-5-4-9(17)11(16)12(10)18;1-29(25,26)7-8(23)3-2-4-28-15-13(21-27-22-15)14(20-24)19-12-5-9(16)10(17)6-11(12)18/h4-5,9,15,27H,2-3,6-8H2,1H3,(H,22,23);2,4-5,8,14,24H,3,6-7,9H2,1H3,(H,19,20);4-5,24H,2-3,6-7H2,1H3,(H,19,20);5-6,24H,2-4,7H2,1H3,(H,19,20). The van der Waals surface area contributed by atoms with E-state index in [1.165, 1.54) is 18.2 Å². The van der Waals surface area contributed by atoms with Gasteiger partial charge in [-0.1, -0.05) is 12.1 Å². The molecule has 8 N–H and O–H groups in total. The molecule has 1 saturated carbocycles. The molecular weight excluding hydrogens is 1900 g/mol. The van der Waals surface area contributed by atoms with Crippen molar-refractivity contribution in [2.45, 2.75) is 102 Å². The minimum Gasteiger partial charge on any atom is -0.299 e. The van der Waals surface area contributed by atoms with Gasteiger partial charge < -0.3 is 0 Å². The third-order valence-electron chi connectivity index (χ3n) is 14.9. The van der Waals surface area contributed by atoms with Gasteiger partial charge in [-0.05, 0) is 160 Å². The predicted molar refractivity (Wildman–Crippen MR) is 418 cm³/mol. The molecule has 648 valence electrons. The molecule has 1 aliphatic rings. The van der Waals surface area contributed by atoms with Gasteiger partial charge in [0.15, 0.2) is 123 Å². The number of carbonyl (C=O) groups is 4. The second kappa shape index (κ2) is 46.4. The highest BCUT2D eigenvalue weighted by atomic mass is 79.9. The summed E-state index contributed by atoms with van der Waals surface area (Å²) in [6, 6.07) is 11.8. The lowest BCUT2D eigenvalue weighted by molar-refractivity contribution is -0.119. The fraction of sp³-hybridized carbons (Fsp3) is 0.375. The molecule has 4 heterocycles. The van der Waals surface area contributed by atoms with E-state index in [1.54, 1.807) is 16.4 Å². The fourth-order valence-corrected chi connectivity index (χ4v) is 17.0. The van der Waals surface area contributed by atoms with Crippen molar-refractivity contribution < 1.29 is 132 Å². The molecule has 0 saturated heterocycles. The minimum absolute atomic E-state index is 0.0263. The van der Waals surface area contributed by atoms with Gasteiger partial charge in [-0.15, -0.1) is 47.0 Å². The largest absolute Gasteiger partial charge is 0.299 e. The van der Waals surface area contributed by atoms with Crippen LogP contribution in [0.25, 0.3) is 0 Å². The molecule has 0 radical (unpaired) electrons. The number of aromatic nitrogens is 8. The van der Waals surface area contributed by atoms with Crippen molar-refractivity contribution in [1.29, 1.82) is 0 Å². The molecule has 4 aromatic heterocycles. The van der Waals surface area contributed by atoms with Crippen LogP contribution in [0.5, 0.6) is 0 Å². The smallest absolute Gasteiger partial charge is 0.266 e. The van der Waals surface area contributed by atoms with Gasteiger partial charge in [0.05, 0.1) is 25.9 Å². The lowest BCUT2D eigenvalue weighted by Crippen LogP contribution is -2.31. The number of benzene rings is 4. The number of hydroxylamine groups is 4. The monoisotopic (exact) mass is 1960 g/mol. The molecule has 55 heteroatoms. The summed E-state index contributed by atoms with van der Waals surface area (Å²) in [6.07, 6.45) is 0.766. The van der Waals surface area contributed by atoms with Gasteiger partial charge >= 0.3 is 0 Å². The molecule has 0 amide bonds. The Hall–Kier alpha value is -8.63. The lowest BCUT2D eigenvalue weighted by atomic mass is 10.1.